The third kappa shape index (κ3) is 2.98. The van der Waals surface area contributed by atoms with E-state index in [-0.39, 0.29) is 11.9 Å². The molecule has 1 unspecified atom stereocenters. The first-order valence-corrected chi connectivity index (χ1v) is 5.22. The topological polar surface area (TPSA) is 55.1 Å². The van der Waals surface area contributed by atoms with Crippen molar-refractivity contribution in [3.63, 3.8) is 0 Å². The lowest BCUT2D eigenvalue weighted by Gasteiger charge is -2.37. The SMILES string of the molecule is CCC(C)NC(=O)C(C)(C)C(C)(C)N. The van der Waals surface area contributed by atoms with Gasteiger partial charge in [0.15, 0.2) is 0 Å². The summed E-state index contributed by atoms with van der Waals surface area (Å²) in [5.41, 5.74) is 4.92. The third-order valence-electron chi connectivity index (χ3n) is 3.17. The number of hydrogen-bond acceptors (Lipinski definition) is 2. The van der Waals surface area contributed by atoms with Crippen LogP contribution in [0.5, 0.6) is 0 Å². The molecule has 0 spiro atoms. The van der Waals surface area contributed by atoms with Gasteiger partial charge in [-0.15, -0.1) is 0 Å². The van der Waals surface area contributed by atoms with Crippen molar-refractivity contribution in [3.05, 3.63) is 0 Å². The summed E-state index contributed by atoms with van der Waals surface area (Å²) in [7, 11) is 0. The van der Waals surface area contributed by atoms with Crippen molar-refractivity contribution in [1.82, 2.24) is 5.32 Å². The smallest absolute Gasteiger partial charge is 0.227 e. The minimum absolute atomic E-state index is 0.0272. The molecule has 0 fully saturated rings. The van der Waals surface area contributed by atoms with Gasteiger partial charge in [-0.2, -0.15) is 0 Å². The van der Waals surface area contributed by atoms with Gasteiger partial charge in [-0.25, -0.2) is 0 Å². The van der Waals surface area contributed by atoms with Gasteiger partial charge in [-0.1, -0.05) is 6.92 Å². The molecule has 0 rings (SSSR count). The van der Waals surface area contributed by atoms with Crippen LogP contribution in [-0.4, -0.2) is 17.5 Å². The molecule has 0 aliphatic carbocycles. The first kappa shape index (κ1) is 13.4. The number of carbonyl (C=O) groups is 1. The molecule has 3 N–H and O–H groups in total. The summed E-state index contributed by atoms with van der Waals surface area (Å²) < 4.78 is 0. The molecule has 3 heteroatoms. The fourth-order valence-corrected chi connectivity index (χ4v) is 0.799. The summed E-state index contributed by atoms with van der Waals surface area (Å²) in [6, 6.07) is 0.212. The molecule has 0 aromatic heterocycles. The van der Waals surface area contributed by atoms with Crippen LogP contribution in [0.4, 0.5) is 0 Å². The zero-order valence-electron chi connectivity index (χ0n) is 10.3. The third-order valence-corrected chi connectivity index (χ3v) is 3.17. The molecule has 0 aromatic rings. The quantitative estimate of drug-likeness (QED) is 0.725. The normalized spacial score (nSPS) is 15.1. The summed E-state index contributed by atoms with van der Waals surface area (Å²) in [4.78, 5) is 11.9. The van der Waals surface area contributed by atoms with Crippen molar-refractivity contribution < 1.29 is 4.79 Å². The number of amides is 1. The van der Waals surface area contributed by atoms with E-state index in [1.807, 2.05) is 41.5 Å². The minimum Gasteiger partial charge on any atom is -0.353 e. The van der Waals surface area contributed by atoms with E-state index in [9.17, 15) is 4.79 Å². The van der Waals surface area contributed by atoms with Crippen LogP contribution in [0.15, 0.2) is 0 Å². The average Bonchev–Trinajstić information content (AvgIpc) is 2.01. The van der Waals surface area contributed by atoms with Gasteiger partial charge in [0.2, 0.25) is 5.91 Å². The highest BCUT2D eigenvalue weighted by atomic mass is 16.2. The Labute approximate surface area is 87.4 Å². The summed E-state index contributed by atoms with van der Waals surface area (Å²) in [5, 5.41) is 2.96. The number of rotatable bonds is 4. The maximum Gasteiger partial charge on any atom is 0.227 e. The maximum atomic E-state index is 11.9. The van der Waals surface area contributed by atoms with E-state index in [0.717, 1.165) is 6.42 Å². The summed E-state index contributed by atoms with van der Waals surface area (Å²) in [5.74, 6) is 0.0272. The van der Waals surface area contributed by atoms with Crippen molar-refractivity contribution in [3.8, 4) is 0 Å². The first-order chi connectivity index (χ1) is 6.13. The fraction of sp³-hybridized carbons (Fsp3) is 0.909. The largest absolute Gasteiger partial charge is 0.353 e. The van der Waals surface area contributed by atoms with Gasteiger partial charge < -0.3 is 11.1 Å². The Bertz CT molecular complexity index is 204. The monoisotopic (exact) mass is 200 g/mol. The van der Waals surface area contributed by atoms with Gasteiger partial charge in [-0.05, 0) is 41.0 Å². The van der Waals surface area contributed by atoms with Crippen molar-refractivity contribution in [2.45, 2.75) is 59.5 Å². The van der Waals surface area contributed by atoms with Crippen molar-refractivity contribution in [2.75, 3.05) is 0 Å². The molecule has 0 radical (unpaired) electrons. The Morgan fingerprint density at radius 3 is 2.07 bits per heavy atom. The van der Waals surface area contributed by atoms with E-state index in [0.29, 0.717) is 0 Å². The van der Waals surface area contributed by atoms with Crippen LogP contribution in [0.1, 0.15) is 48.0 Å². The van der Waals surface area contributed by atoms with Crippen LogP contribution in [0.2, 0.25) is 0 Å². The molecule has 0 saturated carbocycles. The summed E-state index contributed by atoms with van der Waals surface area (Å²) >= 11 is 0. The number of nitrogens with one attached hydrogen (secondary N) is 1. The summed E-state index contributed by atoms with van der Waals surface area (Å²) in [6.07, 6.45) is 0.937. The molecule has 14 heavy (non-hydrogen) atoms. The van der Waals surface area contributed by atoms with Crippen LogP contribution in [0, 0.1) is 5.41 Å². The Kier molecular flexibility index (Phi) is 4.13. The Morgan fingerprint density at radius 1 is 1.36 bits per heavy atom. The molecule has 1 atom stereocenters. The molecule has 0 bridgehead atoms. The molecule has 0 aromatic carbocycles. The highest BCUT2D eigenvalue weighted by molar-refractivity contribution is 5.83. The number of carbonyl (C=O) groups excluding carboxylic acids is 1. The van der Waals surface area contributed by atoms with E-state index in [4.69, 9.17) is 5.73 Å². The van der Waals surface area contributed by atoms with Gasteiger partial charge in [0, 0.05) is 11.6 Å². The van der Waals surface area contributed by atoms with Crippen LogP contribution >= 0.6 is 0 Å². The second-order valence-corrected chi connectivity index (χ2v) is 5.13. The maximum absolute atomic E-state index is 11.9. The molecule has 0 heterocycles. The van der Waals surface area contributed by atoms with Crippen LogP contribution in [0.3, 0.4) is 0 Å². The van der Waals surface area contributed by atoms with Crippen LogP contribution in [0.25, 0.3) is 0 Å². The van der Waals surface area contributed by atoms with Crippen LogP contribution < -0.4 is 11.1 Å². The second-order valence-electron chi connectivity index (χ2n) is 5.13. The highest BCUT2D eigenvalue weighted by Crippen LogP contribution is 2.28. The van der Waals surface area contributed by atoms with Gasteiger partial charge in [0.05, 0.1) is 5.41 Å². The molecule has 0 saturated heterocycles. The van der Waals surface area contributed by atoms with Gasteiger partial charge in [0.1, 0.15) is 0 Å². The van der Waals surface area contributed by atoms with E-state index < -0.39 is 11.0 Å². The predicted molar refractivity (Wildman–Crippen MR) is 59.9 cm³/mol. The van der Waals surface area contributed by atoms with E-state index in [1.54, 1.807) is 0 Å². The highest BCUT2D eigenvalue weighted by Gasteiger charge is 2.40. The molecule has 3 nitrogen and oxygen atoms in total. The number of hydrogen-bond donors (Lipinski definition) is 2. The lowest BCUT2D eigenvalue weighted by molar-refractivity contribution is -0.132. The predicted octanol–water partition coefficient (Wildman–Crippen LogP) is 1.66. The van der Waals surface area contributed by atoms with Crippen molar-refractivity contribution in [2.24, 2.45) is 11.1 Å². The Hall–Kier alpha value is -0.570. The zero-order valence-corrected chi connectivity index (χ0v) is 10.3. The van der Waals surface area contributed by atoms with E-state index in [2.05, 4.69) is 5.32 Å². The second kappa shape index (κ2) is 4.30. The molecule has 0 aliphatic heterocycles. The Balaban J connectivity index is 4.53. The Morgan fingerprint density at radius 2 is 1.79 bits per heavy atom. The first-order valence-electron chi connectivity index (χ1n) is 5.22. The number of nitrogens with two attached hydrogens (primary N) is 1. The van der Waals surface area contributed by atoms with Gasteiger partial charge in [-0.3, -0.25) is 4.79 Å². The molecular formula is C11H24N2O. The van der Waals surface area contributed by atoms with Crippen molar-refractivity contribution in [1.29, 1.82) is 0 Å². The molecule has 84 valence electrons. The average molecular weight is 200 g/mol. The zero-order chi connectivity index (χ0) is 11.6. The van der Waals surface area contributed by atoms with Crippen molar-refractivity contribution >= 4 is 5.91 Å². The summed E-state index contributed by atoms with van der Waals surface area (Å²) in [6.45, 7) is 11.6. The minimum atomic E-state index is -0.545. The molecular weight excluding hydrogens is 176 g/mol. The molecule has 0 aliphatic rings. The fourth-order valence-electron chi connectivity index (χ4n) is 0.799. The lowest BCUT2D eigenvalue weighted by atomic mass is 9.74. The van der Waals surface area contributed by atoms with Gasteiger partial charge >= 0.3 is 0 Å². The van der Waals surface area contributed by atoms with E-state index >= 15 is 0 Å². The van der Waals surface area contributed by atoms with Gasteiger partial charge in [0.25, 0.3) is 0 Å². The lowest BCUT2D eigenvalue weighted by Crippen LogP contribution is -2.56. The standard InChI is InChI=1S/C11H24N2O/c1-7-8(2)13-9(14)10(3,4)11(5,6)12/h8H,7,12H2,1-6H3,(H,13,14). The molecule has 1 amide bonds. The van der Waals surface area contributed by atoms with E-state index in [1.165, 1.54) is 0 Å². The van der Waals surface area contributed by atoms with Crippen LogP contribution in [-0.2, 0) is 4.79 Å².